The fourth-order valence-electron chi connectivity index (χ4n) is 2.80. The lowest BCUT2D eigenvalue weighted by Crippen LogP contribution is -2.39. The Morgan fingerprint density at radius 1 is 1.14 bits per heavy atom. The van der Waals surface area contributed by atoms with Gasteiger partial charge in [0.15, 0.2) is 5.65 Å². The number of aryl methyl sites for hydroxylation is 2. The molecule has 21 heavy (non-hydrogen) atoms. The van der Waals surface area contributed by atoms with Crippen LogP contribution in [0.5, 0.6) is 0 Å². The number of anilines is 1. The maximum Gasteiger partial charge on any atom is 0.332 e. The summed E-state index contributed by atoms with van der Waals surface area (Å²) in [4.78, 5) is 31.2. The molecule has 0 atom stereocenters. The Morgan fingerprint density at radius 2 is 1.81 bits per heavy atom. The predicted octanol–water partition coefficient (Wildman–Crippen LogP) is 0.494. The number of hydrogen-bond acceptors (Lipinski definition) is 5. The SMILES string of the molecule is Cc1cnc2c(c1N1CCSCC1)c(=O)n(C)c(=O)n2C. The monoisotopic (exact) mass is 306 g/mol. The fourth-order valence-corrected chi connectivity index (χ4v) is 3.71. The van der Waals surface area contributed by atoms with E-state index in [-0.39, 0.29) is 11.2 Å². The van der Waals surface area contributed by atoms with Gasteiger partial charge in [-0.15, -0.1) is 0 Å². The minimum absolute atomic E-state index is 0.266. The van der Waals surface area contributed by atoms with Gasteiger partial charge < -0.3 is 4.90 Å². The van der Waals surface area contributed by atoms with E-state index < -0.39 is 0 Å². The Morgan fingerprint density at radius 3 is 2.48 bits per heavy atom. The summed E-state index contributed by atoms with van der Waals surface area (Å²) in [6.07, 6.45) is 1.75. The highest BCUT2D eigenvalue weighted by molar-refractivity contribution is 7.99. The third-order valence-electron chi connectivity index (χ3n) is 3.95. The fraction of sp³-hybridized carbons (Fsp3) is 0.500. The average Bonchev–Trinajstić information content (AvgIpc) is 2.51. The van der Waals surface area contributed by atoms with Gasteiger partial charge in [-0.1, -0.05) is 0 Å². The van der Waals surface area contributed by atoms with E-state index in [0.29, 0.717) is 11.0 Å². The molecule has 7 heteroatoms. The number of pyridine rings is 1. The molecule has 0 spiro atoms. The van der Waals surface area contributed by atoms with E-state index in [1.54, 1.807) is 13.2 Å². The van der Waals surface area contributed by atoms with Gasteiger partial charge in [-0.25, -0.2) is 9.78 Å². The molecule has 2 aromatic rings. The third kappa shape index (κ3) is 2.16. The van der Waals surface area contributed by atoms with Crippen LogP contribution in [0, 0.1) is 6.92 Å². The van der Waals surface area contributed by atoms with Gasteiger partial charge in [0.2, 0.25) is 0 Å². The van der Waals surface area contributed by atoms with E-state index in [0.717, 1.165) is 40.4 Å². The van der Waals surface area contributed by atoms with Crippen LogP contribution < -0.4 is 16.1 Å². The molecule has 0 aromatic carbocycles. The van der Waals surface area contributed by atoms with Crippen LogP contribution in [0.3, 0.4) is 0 Å². The topological polar surface area (TPSA) is 60.1 Å². The molecule has 1 aliphatic rings. The van der Waals surface area contributed by atoms with Crippen molar-refractivity contribution in [1.29, 1.82) is 0 Å². The number of hydrogen-bond donors (Lipinski definition) is 0. The van der Waals surface area contributed by atoms with Gasteiger partial charge in [0.25, 0.3) is 5.56 Å². The normalized spacial score (nSPS) is 15.7. The van der Waals surface area contributed by atoms with E-state index in [9.17, 15) is 9.59 Å². The lowest BCUT2D eigenvalue weighted by atomic mass is 10.1. The summed E-state index contributed by atoms with van der Waals surface area (Å²) in [6, 6.07) is 0. The molecule has 6 nitrogen and oxygen atoms in total. The van der Waals surface area contributed by atoms with Gasteiger partial charge in [0.05, 0.1) is 5.69 Å². The highest BCUT2D eigenvalue weighted by Gasteiger charge is 2.21. The third-order valence-corrected chi connectivity index (χ3v) is 4.89. The zero-order valence-electron chi connectivity index (χ0n) is 12.4. The van der Waals surface area contributed by atoms with Crippen molar-refractivity contribution < 1.29 is 0 Å². The van der Waals surface area contributed by atoms with Gasteiger partial charge in [0, 0.05) is 44.9 Å². The number of nitrogens with zero attached hydrogens (tertiary/aromatic N) is 4. The Balaban J connectivity index is 2.40. The van der Waals surface area contributed by atoms with Crippen molar-refractivity contribution in [3.05, 3.63) is 32.6 Å². The van der Waals surface area contributed by atoms with Gasteiger partial charge >= 0.3 is 5.69 Å². The van der Waals surface area contributed by atoms with Crippen molar-refractivity contribution >= 4 is 28.5 Å². The van der Waals surface area contributed by atoms with Gasteiger partial charge in [-0.2, -0.15) is 11.8 Å². The molecule has 0 N–H and O–H groups in total. The molecule has 3 rings (SSSR count). The lowest BCUT2D eigenvalue weighted by molar-refractivity contribution is 0.706. The molecule has 0 amide bonds. The van der Waals surface area contributed by atoms with Crippen LogP contribution in [0.15, 0.2) is 15.8 Å². The summed E-state index contributed by atoms with van der Waals surface area (Å²) >= 11 is 1.92. The number of rotatable bonds is 1. The second-order valence-corrected chi connectivity index (χ2v) is 6.52. The summed E-state index contributed by atoms with van der Waals surface area (Å²) in [5.74, 6) is 2.10. The first-order valence-electron chi connectivity index (χ1n) is 6.90. The summed E-state index contributed by atoms with van der Waals surface area (Å²) in [6.45, 7) is 3.79. The number of thioether (sulfide) groups is 1. The van der Waals surface area contributed by atoms with Gasteiger partial charge in [0.1, 0.15) is 5.39 Å². The van der Waals surface area contributed by atoms with Crippen LogP contribution in [0.25, 0.3) is 11.0 Å². The molecule has 112 valence electrons. The van der Waals surface area contributed by atoms with Crippen molar-refractivity contribution in [3.63, 3.8) is 0 Å². The van der Waals surface area contributed by atoms with Crippen LogP contribution >= 0.6 is 11.8 Å². The summed E-state index contributed by atoms with van der Waals surface area (Å²) < 4.78 is 2.60. The van der Waals surface area contributed by atoms with Crippen molar-refractivity contribution in [2.24, 2.45) is 14.1 Å². The molecule has 1 fully saturated rings. The summed E-state index contributed by atoms with van der Waals surface area (Å²) in [5, 5.41) is 0.548. The first-order chi connectivity index (χ1) is 10.0. The zero-order chi connectivity index (χ0) is 15.1. The molecular formula is C14H18N4O2S. The maximum atomic E-state index is 12.6. The largest absolute Gasteiger partial charge is 0.369 e. The van der Waals surface area contributed by atoms with E-state index in [1.165, 1.54) is 11.6 Å². The standard InChI is InChI=1S/C14H18N4O2S/c1-9-8-15-12-10(11(9)18-4-6-21-7-5-18)13(19)17(3)14(20)16(12)2/h8H,4-7H2,1-3H3. The molecule has 1 saturated heterocycles. The van der Waals surface area contributed by atoms with E-state index in [4.69, 9.17) is 0 Å². The molecule has 1 aliphatic heterocycles. The molecule has 0 bridgehead atoms. The first-order valence-corrected chi connectivity index (χ1v) is 8.06. The van der Waals surface area contributed by atoms with E-state index in [1.807, 2.05) is 18.7 Å². The van der Waals surface area contributed by atoms with Crippen LogP contribution in [0.1, 0.15) is 5.56 Å². The Bertz CT molecular complexity index is 818. The predicted molar refractivity (Wildman–Crippen MR) is 86.5 cm³/mol. The smallest absolute Gasteiger partial charge is 0.332 e. The van der Waals surface area contributed by atoms with Crippen molar-refractivity contribution in [2.75, 3.05) is 29.5 Å². The minimum atomic E-state index is -0.344. The summed E-state index contributed by atoms with van der Waals surface area (Å²) in [5.41, 5.74) is 1.75. The van der Waals surface area contributed by atoms with Gasteiger partial charge in [-0.3, -0.25) is 13.9 Å². The second kappa shape index (κ2) is 5.22. The van der Waals surface area contributed by atoms with Crippen LogP contribution in [0.2, 0.25) is 0 Å². The van der Waals surface area contributed by atoms with Crippen LogP contribution in [-0.4, -0.2) is 38.7 Å². The Hall–Kier alpha value is -1.76. The highest BCUT2D eigenvalue weighted by Crippen LogP contribution is 2.28. The van der Waals surface area contributed by atoms with Crippen LogP contribution in [-0.2, 0) is 14.1 Å². The van der Waals surface area contributed by atoms with Gasteiger partial charge in [-0.05, 0) is 12.5 Å². The van der Waals surface area contributed by atoms with Crippen molar-refractivity contribution in [3.8, 4) is 0 Å². The van der Waals surface area contributed by atoms with Crippen molar-refractivity contribution in [2.45, 2.75) is 6.92 Å². The second-order valence-electron chi connectivity index (χ2n) is 5.29. The minimum Gasteiger partial charge on any atom is -0.369 e. The molecule has 0 aliphatic carbocycles. The molecular weight excluding hydrogens is 288 g/mol. The maximum absolute atomic E-state index is 12.6. The Labute approximate surface area is 126 Å². The molecule has 0 radical (unpaired) electrons. The van der Waals surface area contributed by atoms with E-state index in [2.05, 4.69) is 9.88 Å². The lowest BCUT2D eigenvalue weighted by Gasteiger charge is -2.30. The molecule has 0 saturated carbocycles. The zero-order valence-corrected chi connectivity index (χ0v) is 13.2. The number of aromatic nitrogens is 3. The number of fused-ring (bicyclic) bond motifs is 1. The Kier molecular flexibility index (Phi) is 3.52. The van der Waals surface area contributed by atoms with E-state index >= 15 is 0 Å². The summed E-state index contributed by atoms with van der Waals surface area (Å²) in [7, 11) is 3.17. The average molecular weight is 306 g/mol. The quantitative estimate of drug-likeness (QED) is 0.767. The highest BCUT2D eigenvalue weighted by atomic mass is 32.2. The molecule has 0 unspecified atom stereocenters. The molecule has 3 heterocycles. The molecule has 2 aromatic heterocycles. The van der Waals surface area contributed by atoms with Crippen LogP contribution in [0.4, 0.5) is 5.69 Å². The first kappa shape index (κ1) is 14.2. The van der Waals surface area contributed by atoms with Crippen molar-refractivity contribution in [1.82, 2.24) is 14.1 Å².